The molecule has 0 bridgehead atoms. The summed E-state index contributed by atoms with van der Waals surface area (Å²) in [6, 6.07) is 8.87. The highest BCUT2D eigenvalue weighted by Crippen LogP contribution is 2.33. The Bertz CT molecular complexity index is 1630. The summed E-state index contributed by atoms with van der Waals surface area (Å²) in [6.07, 6.45) is -0.907. The molecule has 0 unspecified atom stereocenters. The number of alkyl halides is 3. The second-order valence-corrected chi connectivity index (χ2v) is 9.50. The van der Waals surface area contributed by atoms with Crippen molar-refractivity contribution in [1.29, 1.82) is 0 Å². The maximum atomic E-state index is 13.0. The number of imidazole rings is 1. The molecule has 0 saturated carbocycles. The number of hydrogen-bond acceptors (Lipinski definition) is 5. The molecule has 1 aromatic carbocycles. The molecule has 0 radical (unpaired) electrons. The molecule has 5 rings (SSSR count). The van der Waals surface area contributed by atoms with Crippen LogP contribution in [0, 0.1) is 6.92 Å². The van der Waals surface area contributed by atoms with Gasteiger partial charge in [-0.3, -0.25) is 4.79 Å². The second-order valence-electron chi connectivity index (χ2n) is 8.43. The van der Waals surface area contributed by atoms with Crippen LogP contribution in [-0.4, -0.2) is 29.8 Å². The van der Waals surface area contributed by atoms with Crippen LogP contribution in [0.3, 0.4) is 0 Å². The molecule has 0 atom stereocenters. The summed E-state index contributed by atoms with van der Waals surface area (Å²) in [5.41, 5.74) is 3.83. The lowest BCUT2D eigenvalue weighted by Gasteiger charge is -2.12. The molecule has 36 heavy (non-hydrogen) atoms. The summed E-state index contributed by atoms with van der Waals surface area (Å²) < 4.78 is 45.8. The summed E-state index contributed by atoms with van der Waals surface area (Å²) in [5, 5.41) is 0.754. The molecule has 4 heterocycles. The van der Waals surface area contributed by atoms with Crippen molar-refractivity contribution in [1.82, 2.24) is 24.1 Å². The van der Waals surface area contributed by atoms with Crippen LogP contribution in [-0.2, 0) is 19.8 Å². The van der Waals surface area contributed by atoms with Crippen LogP contribution < -0.4 is 10.3 Å². The third kappa shape index (κ3) is 4.23. The number of fused-ring (bicyclic) bond motifs is 2. The van der Waals surface area contributed by atoms with E-state index in [1.54, 1.807) is 19.4 Å². The Morgan fingerprint density at radius 2 is 1.89 bits per heavy atom. The van der Waals surface area contributed by atoms with Crippen molar-refractivity contribution in [3.63, 3.8) is 0 Å². The van der Waals surface area contributed by atoms with Gasteiger partial charge in [0.05, 0.1) is 23.5 Å². The maximum Gasteiger partial charge on any atom is 0.416 e. The molecule has 186 valence electrons. The number of nitrogens with zero attached hydrogens (tertiary/aromatic N) is 4. The monoisotopic (exact) mass is 512 g/mol. The van der Waals surface area contributed by atoms with Crippen LogP contribution in [0.25, 0.3) is 33.3 Å². The van der Waals surface area contributed by atoms with E-state index in [9.17, 15) is 18.0 Å². The zero-order valence-corrected chi connectivity index (χ0v) is 20.6. The minimum Gasteiger partial charge on any atom is -0.357 e. The number of pyridine rings is 2. The lowest BCUT2D eigenvalue weighted by Crippen LogP contribution is -2.16. The van der Waals surface area contributed by atoms with Crippen molar-refractivity contribution in [2.24, 2.45) is 7.05 Å². The molecule has 0 fully saturated rings. The van der Waals surface area contributed by atoms with E-state index < -0.39 is 11.7 Å². The van der Waals surface area contributed by atoms with E-state index in [1.165, 1.54) is 28.6 Å². The third-order valence-electron chi connectivity index (χ3n) is 6.01. The minimum atomic E-state index is -4.39. The maximum absolute atomic E-state index is 13.0. The molecule has 0 aliphatic carbocycles. The highest BCUT2D eigenvalue weighted by atomic mass is 32.2. The molecule has 0 amide bonds. The molecular formula is C25H23F3N6OS. The van der Waals surface area contributed by atoms with E-state index in [0.717, 1.165) is 34.5 Å². The molecule has 0 aliphatic heterocycles. The fourth-order valence-electron chi connectivity index (χ4n) is 4.21. The zero-order chi connectivity index (χ0) is 25.6. The first-order valence-electron chi connectivity index (χ1n) is 11.3. The third-order valence-corrected chi connectivity index (χ3v) is 6.67. The Labute approximate surface area is 208 Å². The van der Waals surface area contributed by atoms with E-state index in [2.05, 4.69) is 9.71 Å². The van der Waals surface area contributed by atoms with Gasteiger partial charge >= 0.3 is 6.18 Å². The topological polar surface area (TPSA) is 80.5 Å². The Hall–Kier alpha value is -3.73. The number of aryl methyl sites for hydroxylation is 2. The first-order valence-corrected chi connectivity index (χ1v) is 12.2. The zero-order valence-electron chi connectivity index (χ0n) is 19.8. The highest BCUT2D eigenvalue weighted by Gasteiger charge is 2.30. The lowest BCUT2D eigenvalue weighted by molar-refractivity contribution is -0.137. The van der Waals surface area contributed by atoms with E-state index in [4.69, 9.17) is 9.97 Å². The fourth-order valence-corrected chi connectivity index (χ4v) is 4.66. The van der Waals surface area contributed by atoms with E-state index >= 15 is 0 Å². The number of H-pyrrole nitrogens is 1. The van der Waals surface area contributed by atoms with Gasteiger partial charge in [-0.05, 0) is 36.8 Å². The molecule has 11 heteroatoms. The van der Waals surface area contributed by atoms with Gasteiger partial charge in [0.2, 0.25) is 0 Å². The summed E-state index contributed by atoms with van der Waals surface area (Å²) in [5.74, 6) is 1.51. The summed E-state index contributed by atoms with van der Waals surface area (Å²) in [7, 11) is 1.69. The van der Waals surface area contributed by atoms with Gasteiger partial charge in [-0.25, -0.2) is 9.97 Å². The fraction of sp³-hybridized carbons (Fsp3) is 0.240. The number of rotatable bonds is 6. The Balaban J connectivity index is 1.67. The van der Waals surface area contributed by atoms with Crippen molar-refractivity contribution < 1.29 is 13.2 Å². The van der Waals surface area contributed by atoms with Gasteiger partial charge in [-0.1, -0.05) is 31.0 Å². The number of halogens is 3. The minimum absolute atomic E-state index is 0.136. The SMILES string of the molecule is CCSNc1cc(-c2cn(C)c(=O)c3[nH]ccc23)nc2c1nc(C)n2Cc1ccc(C(F)(F)F)cc1. The van der Waals surface area contributed by atoms with Crippen LogP contribution in [0.1, 0.15) is 23.9 Å². The molecule has 7 nitrogen and oxygen atoms in total. The van der Waals surface area contributed by atoms with Crippen molar-refractivity contribution in [3.8, 4) is 11.3 Å². The standard InChI is InChI=1S/C25H23F3N6OS/c1-4-36-32-20-11-19(18-13-33(3)24(35)21-17(18)9-10-29-21)31-23-22(20)30-14(2)34(23)12-15-5-7-16(8-6-15)25(26,27)28/h5-11,13,29H,4,12H2,1-3H3,(H,31,32). The van der Waals surface area contributed by atoms with Crippen LogP contribution >= 0.6 is 11.9 Å². The van der Waals surface area contributed by atoms with Crippen molar-refractivity contribution in [3.05, 3.63) is 76.1 Å². The van der Waals surface area contributed by atoms with E-state index in [0.29, 0.717) is 40.3 Å². The van der Waals surface area contributed by atoms with Crippen LogP contribution in [0.15, 0.2) is 53.6 Å². The first-order chi connectivity index (χ1) is 17.2. The van der Waals surface area contributed by atoms with Crippen molar-refractivity contribution >= 4 is 39.7 Å². The summed E-state index contributed by atoms with van der Waals surface area (Å²) >= 11 is 1.52. The van der Waals surface area contributed by atoms with Crippen molar-refractivity contribution in [2.75, 3.05) is 10.5 Å². The number of benzene rings is 1. The number of hydrogen-bond donors (Lipinski definition) is 2. The molecular weight excluding hydrogens is 489 g/mol. The van der Waals surface area contributed by atoms with Gasteiger partial charge in [-0.2, -0.15) is 13.2 Å². The van der Waals surface area contributed by atoms with Gasteiger partial charge in [0.1, 0.15) is 16.9 Å². The summed E-state index contributed by atoms with van der Waals surface area (Å²) in [6.45, 7) is 4.19. The first kappa shape index (κ1) is 24.0. The number of aromatic amines is 1. The van der Waals surface area contributed by atoms with Gasteiger partial charge in [0.25, 0.3) is 5.56 Å². The Morgan fingerprint density at radius 1 is 1.14 bits per heavy atom. The molecule has 5 aromatic rings. The van der Waals surface area contributed by atoms with Gasteiger partial charge in [-0.15, -0.1) is 0 Å². The normalized spacial score (nSPS) is 12.1. The molecule has 2 N–H and O–H groups in total. The number of anilines is 1. The van der Waals surface area contributed by atoms with Gasteiger partial charge in [0, 0.05) is 36.1 Å². The van der Waals surface area contributed by atoms with E-state index in [-0.39, 0.29) is 5.56 Å². The number of nitrogens with one attached hydrogen (secondary N) is 2. The van der Waals surface area contributed by atoms with Crippen LogP contribution in [0.5, 0.6) is 0 Å². The molecule has 0 saturated heterocycles. The highest BCUT2D eigenvalue weighted by molar-refractivity contribution is 8.00. The van der Waals surface area contributed by atoms with Gasteiger partial charge < -0.3 is 18.8 Å². The van der Waals surface area contributed by atoms with E-state index in [1.807, 2.05) is 30.5 Å². The molecule has 4 aromatic heterocycles. The van der Waals surface area contributed by atoms with Gasteiger partial charge in [0.15, 0.2) is 5.65 Å². The number of aromatic nitrogens is 5. The molecule has 0 aliphatic rings. The summed E-state index contributed by atoms with van der Waals surface area (Å²) in [4.78, 5) is 25.2. The predicted octanol–water partition coefficient (Wildman–Crippen LogP) is 5.73. The quantitative estimate of drug-likeness (QED) is 0.284. The smallest absolute Gasteiger partial charge is 0.357 e. The predicted molar refractivity (Wildman–Crippen MR) is 137 cm³/mol. The molecule has 0 spiro atoms. The average Bonchev–Trinajstić information content (AvgIpc) is 3.45. The second kappa shape index (κ2) is 9.05. The average molecular weight is 513 g/mol. The largest absolute Gasteiger partial charge is 0.416 e. The Kier molecular flexibility index (Phi) is 6.03. The van der Waals surface area contributed by atoms with Crippen LogP contribution in [0.2, 0.25) is 0 Å². The Morgan fingerprint density at radius 3 is 2.58 bits per heavy atom. The van der Waals surface area contributed by atoms with Crippen molar-refractivity contribution in [2.45, 2.75) is 26.6 Å². The lowest BCUT2D eigenvalue weighted by atomic mass is 10.1. The van der Waals surface area contributed by atoms with Crippen LogP contribution in [0.4, 0.5) is 18.9 Å².